The van der Waals surface area contributed by atoms with Gasteiger partial charge in [-0.25, -0.2) is 13.9 Å². The van der Waals surface area contributed by atoms with Crippen molar-refractivity contribution >= 4 is 22.0 Å². The Kier molecular flexibility index (Phi) is 13.2. The average Bonchev–Trinajstić information content (AvgIpc) is 2.86. The van der Waals surface area contributed by atoms with E-state index in [4.69, 9.17) is 20.7 Å². The molecule has 0 heterocycles. The normalized spacial score (nSPS) is 12.2. The summed E-state index contributed by atoms with van der Waals surface area (Å²) in [4.78, 5) is 17.3. The number of sulfonamides is 1. The van der Waals surface area contributed by atoms with Crippen molar-refractivity contribution in [2.24, 2.45) is 5.73 Å². The molecule has 0 aliphatic rings. The number of rotatable bonds is 18. The molecule has 2 rings (SSSR count). The van der Waals surface area contributed by atoms with Crippen LogP contribution in [0.15, 0.2) is 41.3 Å². The smallest absolute Gasteiger partial charge is 0.322 e. The van der Waals surface area contributed by atoms with Gasteiger partial charge >= 0.3 is 5.97 Å². The van der Waals surface area contributed by atoms with Crippen LogP contribution in [0.2, 0.25) is 0 Å². The van der Waals surface area contributed by atoms with E-state index in [2.05, 4.69) is 17.1 Å². The molecule has 2 aromatic rings. The lowest BCUT2D eigenvalue weighted by Gasteiger charge is -2.20. The van der Waals surface area contributed by atoms with Gasteiger partial charge in [0.2, 0.25) is 16.0 Å². The van der Waals surface area contributed by atoms with Gasteiger partial charge in [0.1, 0.15) is 11.8 Å². The van der Waals surface area contributed by atoms with E-state index in [1.54, 1.807) is 24.3 Å². The second kappa shape index (κ2) is 16.1. The molecule has 6 N–H and O–H groups in total. The molecule has 0 radical (unpaired) electrons. The van der Waals surface area contributed by atoms with Gasteiger partial charge in [-0.3, -0.25) is 15.0 Å². The van der Waals surface area contributed by atoms with Crippen molar-refractivity contribution in [1.82, 2.24) is 10.2 Å². The van der Waals surface area contributed by atoms with Gasteiger partial charge in [-0.1, -0.05) is 64.3 Å². The molecule has 11 heteroatoms. The van der Waals surface area contributed by atoms with Crippen LogP contribution < -0.4 is 20.7 Å². The zero-order valence-corrected chi connectivity index (χ0v) is 23.9. The molecule has 216 valence electrons. The Balaban J connectivity index is 2.16. The van der Waals surface area contributed by atoms with E-state index in [1.807, 2.05) is 26.0 Å². The number of aliphatic carboxylic acids is 1. The van der Waals surface area contributed by atoms with Gasteiger partial charge in [-0.15, -0.1) is 0 Å². The van der Waals surface area contributed by atoms with Crippen LogP contribution in [-0.4, -0.2) is 44.7 Å². The van der Waals surface area contributed by atoms with Crippen molar-refractivity contribution in [3.63, 3.8) is 0 Å². The largest absolute Gasteiger partial charge is 0.494 e. The first-order valence-corrected chi connectivity index (χ1v) is 14.9. The Labute approximate surface area is 231 Å². The lowest BCUT2D eigenvalue weighted by atomic mass is 9.97. The Morgan fingerprint density at radius 2 is 1.56 bits per heavy atom. The van der Waals surface area contributed by atoms with E-state index in [0.717, 1.165) is 42.4 Å². The minimum Gasteiger partial charge on any atom is -0.494 e. The summed E-state index contributed by atoms with van der Waals surface area (Å²) in [6, 6.07) is 9.45. The van der Waals surface area contributed by atoms with Crippen molar-refractivity contribution < 1.29 is 27.9 Å². The Morgan fingerprint density at radius 1 is 0.974 bits per heavy atom. The van der Waals surface area contributed by atoms with Crippen molar-refractivity contribution in [1.29, 1.82) is 5.41 Å². The summed E-state index contributed by atoms with van der Waals surface area (Å²) in [7, 11) is -4.09. The number of aryl methyl sites for hydroxylation is 3. The molecule has 0 saturated heterocycles. The average molecular weight is 563 g/mol. The van der Waals surface area contributed by atoms with Gasteiger partial charge in [-0.05, 0) is 60.1 Å². The molecule has 0 aliphatic carbocycles. The molecule has 0 saturated carbocycles. The predicted molar refractivity (Wildman–Crippen MR) is 151 cm³/mol. The SMILES string of the molecule is CCCc1cc(CCC)c(S(=O)(=O)N[C@@H](Cc2ccc(OCCCONC(=N)N)cc2)C(=O)O)c(CCC)c1. The summed E-state index contributed by atoms with van der Waals surface area (Å²) in [5.41, 5.74) is 10.6. The fourth-order valence-electron chi connectivity index (χ4n) is 4.35. The van der Waals surface area contributed by atoms with E-state index in [0.29, 0.717) is 43.8 Å². The summed E-state index contributed by atoms with van der Waals surface area (Å²) < 4.78 is 35.4. The molecule has 0 aromatic heterocycles. The zero-order valence-electron chi connectivity index (χ0n) is 23.1. The number of benzene rings is 2. The van der Waals surface area contributed by atoms with Crippen molar-refractivity contribution in [2.45, 2.75) is 83.1 Å². The molecule has 10 nitrogen and oxygen atoms in total. The number of carboxylic acids is 1. The lowest BCUT2D eigenvalue weighted by Crippen LogP contribution is -2.42. The third-order valence-electron chi connectivity index (χ3n) is 5.95. The van der Waals surface area contributed by atoms with Crippen molar-refractivity contribution in [2.75, 3.05) is 13.2 Å². The first-order chi connectivity index (χ1) is 18.6. The van der Waals surface area contributed by atoms with Crippen LogP contribution in [0.25, 0.3) is 0 Å². The second-order valence-electron chi connectivity index (χ2n) is 9.42. The fraction of sp³-hybridized carbons (Fsp3) is 0.500. The highest BCUT2D eigenvalue weighted by atomic mass is 32.2. The van der Waals surface area contributed by atoms with Gasteiger partial charge in [0.15, 0.2) is 0 Å². The monoisotopic (exact) mass is 562 g/mol. The maximum absolute atomic E-state index is 13.7. The summed E-state index contributed by atoms with van der Waals surface area (Å²) in [6.45, 7) is 6.77. The zero-order chi connectivity index (χ0) is 28.8. The molecule has 1 atom stereocenters. The maximum atomic E-state index is 13.7. The summed E-state index contributed by atoms with van der Waals surface area (Å²) >= 11 is 0. The van der Waals surface area contributed by atoms with E-state index in [1.165, 1.54) is 0 Å². The van der Waals surface area contributed by atoms with Crippen LogP contribution in [0.3, 0.4) is 0 Å². The highest BCUT2D eigenvalue weighted by Crippen LogP contribution is 2.27. The number of hydrogen-bond acceptors (Lipinski definition) is 6. The summed E-state index contributed by atoms with van der Waals surface area (Å²) in [5, 5.41) is 16.9. The maximum Gasteiger partial charge on any atom is 0.322 e. The van der Waals surface area contributed by atoms with Crippen molar-refractivity contribution in [3.05, 3.63) is 58.7 Å². The molecule has 0 unspecified atom stereocenters. The van der Waals surface area contributed by atoms with Crippen LogP contribution in [0.1, 0.15) is 68.7 Å². The van der Waals surface area contributed by atoms with Crippen LogP contribution in [0.4, 0.5) is 0 Å². The molecule has 39 heavy (non-hydrogen) atoms. The van der Waals surface area contributed by atoms with Crippen molar-refractivity contribution in [3.8, 4) is 5.75 Å². The van der Waals surface area contributed by atoms with Gasteiger partial charge < -0.3 is 15.6 Å². The summed E-state index contributed by atoms with van der Waals surface area (Å²) in [5.74, 6) is -0.929. The molecule has 0 fully saturated rings. The van der Waals surface area contributed by atoms with Gasteiger partial charge in [0.25, 0.3) is 0 Å². The van der Waals surface area contributed by atoms with Crippen LogP contribution in [0.5, 0.6) is 5.75 Å². The van der Waals surface area contributed by atoms with E-state index >= 15 is 0 Å². The number of ether oxygens (including phenoxy) is 1. The van der Waals surface area contributed by atoms with E-state index < -0.39 is 22.0 Å². The predicted octanol–water partition coefficient (Wildman–Crippen LogP) is 3.70. The second-order valence-corrected chi connectivity index (χ2v) is 11.1. The minimum absolute atomic E-state index is 0.0143. The quantitative estimate of drug-likeness (QED) is 0.0794. The number of hydrogen-bond donors (Lipinski definition) is 5. The third kappa shape index (κ3) is 10.5. The number of carbonyl (C=O) groups is 1. The fourth-order valence-corrected chi connectivity index (χ4v) is 6.04. The highest BCUT2D eigenvalue weighted by Gasteiger charge is 2.29. The van der Waals surface area contributed by atoms with Gasteiger partial charge in [0, 0.05) is 6.42 Å². The number of nitrogens with two attached hydrogens (primary N) is 1. The minimum atomic E-state index is -4.09. The van der Waals surface area contributed by atoms with Crippen LogP contribution in [-0.2, 0) is 45.3 Å². The highest BCUT2D eigenvalue weighted by molar-refractivity contribution is 7.89. The number of hydroxylamine groups is 1. The van der Waals surface area contributed by atoms with E-state index in [-0.39, 0.29) is 17.3 Å². The molecular formula is C28H42N4O6S. The van der Waals surface area contributed by atoms with Crippen LogP contribution in [0, 0.1) is 5.41 Å². The van der Waals surface area contributed by atoms with Crippen LogP contribution >= 0.6 is 0 Å². The third-order valence-corrected chi connectivity index (χ3v) is 7.61. The first kappa shape index (κ1) is 32.1. The van der Waals surface area contributed by atoms with Gasteiger partial charge in [-0.2, -0.15) is 4.72 Å². The van der Waals surface area contributed by atoms with Gasteiger partial charge in [0.05, 0.1) is 18.1 Å². The Bertz CT molecular complexity index is 1160. The lowest BCUT2D eigenvalue weighted by molar-refractivity contribution is -0.138. The molecule has 0 aliphatic heterocycles. The molecule has 0 amide bonds. The molecule has 2 aromatic carbocycles. The standard InChI is InChI=1S/C28H42N4O6S/c1-4-8-21-17-22(9-5-2)26(23(18-21)10-6-3)39(35,36)32-25(27(33)34)19-20-11-13-24(14-12-20)37-15-7-16-38-31-28(29)30/h11-14,17-18,25,32H,4-10,15-16,19H2,1-3H3,(H,33,34)(H4,29,30,31)/t25-/m0/s1. The number of guanidine groups is 1. The number of nitrogens with one attached hydrogen (secondary N) is 3. The first-order valence-electron chi connectivity index (χ1n) is 13.4. The molecule has 0 spiro atoms. The topological polar surface area (TPSA) is 164 Å². The Hall–Kier alpha value is -3.15. The summed E-state index contributed by atoms with van der Waals surface area (Å²) in [6.07, 6.45) is 5.13. The number of carboxylic acid groups (broad SMARTS) is 1. The molecule has 0 bridgehead atoms. The molecular weight excluding hydrogens is 520 g/mol. The Morgan fingerprint density at radius 3 is 2.08 bits per heavy atom. The van der Waals surface area contributed by atoms with E-state index in [9.17, 15) is 18.3 Å².